The van der Waals surface area contributed by atoms with Crippen LogP contribution in [0.2, 0.25) is 0 Å². The van der Waals surface area contributed by atoms with E-state index in [9.17, 15) is 17.6 Å². The van der Waals surface area contributed by atoms with E-state index in [1.165, 1.54) is 23.1 Å². The lowest BCUT2D eigenvalue weighted by Gasteiger charge is -2.29. The van der Waals surface area contributed by atoms with Crippen LogP contribution in [0.25, 0.3) is 0 Å². The van der Waals surface area contributed by atoms with Gasteiger partial charge < -0.3 is 9.26 Å². The Bertz CT molecular complexity index is 1370. The highest BCUT2D eigenvalue weighted by molar-refractivity contribution is 7.92. The van der Waals surface area contributed by atoms with Crippen molar-refractivity contribution < 1.29 is 26.9 Å². The number of nitrogens with one attached hydrogen (secondary N) is 1. The summed E-state index contributed by atoms with van der Waals surface area (Å²) in [6.07, 6.45) is 2.03. The molecule has 2 aliphatic rings. The van der Waals surface area contributed by atoms with Crippen LogP contribution in [0, 0.1) is 19.7 Å². The van der Waals surface area contributed by atoms with Crippen molar-refractivity contribution in [3.63, 3.8) is 0 Å². The molecule has 0 spiro atoms. The van der Waals surface area contributed by atoms with Gasteiger partial charge in [-0.2, -0.15) is 4.98 Å². The van der Waals surface area contributed by atoms with Gasteiger partial charge in [-0.3, -0.25) is 14.4 Å². The van der Waals surface area contributed by atoms with Crippen molar-refractivity contribution in [2.45, 2.75) is 44.0 Å². The van der Waals surface area contributed by atoms with Crippen LogP contribution in [0.3, 0.4) is 0 Å². The number of amides is 1. The summed E-state index contributed by atoms with van der Waals surface area (Å²) in [6, 6.07) is 7.03. The third kappa shape index (κ3) is 4.15. The Morgan fingerprint density at radius 1 is 1.18 bits per heavy atom. The molecule has 0 saturated heterocycles. The minimum Gasteiger partial charge on any atom is -0.482 e. The van der Waals surface area contributed by atoms with Crippen molar-refractivity contribution in [3.05, 3.63) is 59.0 Å². The molecule has 1 fully saturated rings. The molecule has 0 bridgehead atoms. The van der Waals surface area contributed by atoms with Gasteiger partial charge in [-0.25, -0.2) is 12.8 Å². The molecule has 172 valence electrons. The maximum absolute atomic E-state index is 13.9. The van der Waals surface area contributed by atoms with Crippen LogP contribution >= 0.6 is 0 Å². The van der Waals surface area contributed by atoms with Crippen LogP contribution in [0.1, 0.15) is 41.6 Å². The Morgan fingerprint density at radius 2 is 1.97 bits per heavy atom. The number of carbonyl (C=O) groups is 1. The van der Waals surface area contributed by atoms with Gasteiger partial charge in [0.15, 0.2) is 12.4 Å². The van der Waals surface area contributed by atoms with E-state index in [-0.39, 0.29) is 35.4 Å². The van der Waals surface area contributed by atoms with Gasteiger partial charge in [-0.05, 0) is 56.0 Å². The van der Waals surface area contributed by atoms with E-state index >= 15 is 0 Å². The second-order valence-electron chi connectivity index (χ2n) is 8.25. The summed E-state index contributed by atoms with van der Waals surface area (Å²) in [5.41, 5.74) is 1.33. The van der Waals surface area contributed by atoms with Gasteiger partial charge in [0, 0.05) is 12.0 Å². The summed E-state index contributed by atoms with van der Waals surface area (Å²) < 4.78 is 53.1. The molecule has 1 aromatic heterocycles. The Hall–Kier alpha value is -3.47. The lowest BCUT2D eigenvalue weighted by atomic mass is 10.1. The van der Waals surface area contributed by atoms with Crippen LogP contribution in [0.15, 0.2) is 39.8 Å². The quantitative estimate of drug-likeness (QED) is 0.584. The Kier molecular flexibility index (Phi) is 5.08. The fraction of sp³-hybridized carbons (Fsp3) is 0.318. The molecular formula is C22H21FN4O5S. The maximum Gasteiger partial charge on any atom is 0.265 e. The standard InChI is InChI=1S/C22H21FN4O5S/c1-12-3-6-15(8-16(12)23)26-33(29,30)19-9-18-17(7-13(19)2)27(21(28)11-31-18)10-20-24-22(32-25-20)14-4-5-14/h3,6-9,14,26H,4-5,10-11H2,1-2H3. The summed E-state index contributed by atoms with van der Waals surface area (Å²) >= 11 is 0. The van der Waals surface area contributed by atoms with E-state index in [2.05, 4.69) is 14.9 Å². The molecule has 0 unspecified atom stereocenters. The molecule has 0 radical (unpaired) electrons. The molecule has 1 aliphatic carbocycles. The van der Waals surface area contributed by atoms with E-state index in [0.29, 0.717) is 34.4 Å². The molecule has 1 N–H and O–H groups in total. The third-order valence-electron chi connectivity index (χ3n) is 5.62. The molecule has 2 aromatic carbocycles. The van der Waals surface area contributed by atoms with Crippen molar-refractivity contribution in [2.75, 3.05) is 16.2 Å². The van der Waals surface area contributed by atoms with E-state index < -0.39 is 15.8 Å². The van der Waals surface area contributed by atoms with Crippen LogP contribution in [-0.2, 0) is 21.4 Å². The predicted molar refractivity (Wildman–Crippen MR) is 116 cm³/mol. The molecule has 1 saturated carbocycles. The lowest BCUT2D eigenvalue weighted by molar-refractivity contribution is -0.121. The fourth-order valence-corrected chi connectivity index (χ4v) is 4.92. The van der Waals surface area contributed by atoms with Crippen LogP contribution in [-0.4, -0.2) is 31.1 Å². The molecule has 3 aromatic rings. The molecule has 5 rings (SSSR count). The molecule has 1 amide bonds. The molecule has 11 heteroatoms. The summed E-state index contributed by atoms with van der Waals surface area (Å²) in [7, 11) is -4.04. The van der Waals surface area contributed by atoms with Crippen LogP contribution < -0.4 is 14.4 Å². The first-order chi connectivity index (χ1) is 15.7. The van der Waals surface area contributed by atoms with E-state index in [4.69, 9.17) is 9.26 Å². The predicted octanol–water partition coefficient (Wildman–Crippen LogP) is 3.43. The van der Waals surface area contributed by atoms with Crippen molar-refractivity contribution in [3.8, 4) is 5.75 Å². The number of halogens is 1. The van der Waals surface area contributed by atoms with Gasteiger partial charge in [0.2, 0.25) is 5.89 Å². The zero-order chi connectivity index (χ0) is 23.3. The molecule has 9 nitrogen and oxygen atoms in total. The molecular weight excluding hydrogens is 451 g/mol. The first-order valence-corrected chi connectivity index (χ1v) is 11.9. The molecule has 0 atom stereocenters. The second-order valence-corrected chi connectivity index (χ2v) is 9.90. The summed E-state index contributed by atoms with van der Waals surface area (Å²) in [5, 5.41) is 3.96. The van der Waals surface area contributed by atoms with Gasteiger partial charge in [-0.15, -0.1) is 0 Å². The topological polar surface area (TPSA) is 115 Å². The van der Waals surface area contributed by atoms with E-state index in [1.807, 2.05) is 0 Å². The summed E-state index contributed by atoms with van der Waals surface area (Å²) in [4.78, 5) is 18.3. The average Bonchev–Trinajstić information content (AvgIpc) is 3.51. The first-order valence-electron chi connectivity index (χ1n) is 10.4. The minimum absolute atomic E-state index is 0.0351. The van der Waals surface area contributed by atoms with Crippen LogP contribution in [0.5, 0.6) is 5.75 Å². The number of benzene rings is 2. The fourth-order valence-electron chi connectivity index (χ4n) is 3.63. The van der Waals surface area contributed by atoms with E-state index in [0.717, 1.165) is 18.9 Å². The number of hydrogen-bond donors (Lipinski definition) is 1. The van der Waals surface area contributed by atoms with Gasteiger partial charge in [0.05, 0.1) is 22.8 Å². The van der Waals surface area contributed by atoms with Gasteiger partial charge in [-0.1, -0.05) is 11.2 Å². The number of ether oxygens (including phenoxy) is 1. The number of nitrogens with zero attached hydrogens (tertiary/aromatic N) is 3. The highest BCUT2D eigenvalue weighted by Gasteiger charge is 2.32. The number of sulfonamides is 1. The Labute approximate surface area is 189 Å². The molecule has 2 heterocycles. The minimum atomic E-state index is -4.04. The number of anilines is 2. The van der Waals surface area contributed by atoms with E-state index in [1.54, 1.807) is 19.9 Å². The zero-order valence-electron chi connectivity index (χ0n) is 18.0. The monoisotopic (exact) mass is 472 g/mol. The normalized spacial score (nSPS) is 15.8. The van der Waals surface area contributed by atoms with Gasteiger partial charge >= 0.3 is 0 Å². The van der Waals surface area contributed by atoms with Crippen LogP contribution in [0.4, 0.5) is 15.8 Å². The van der Waals surface area contributed by atoms with Crippen molar-refractivity contribution >= 4 is 27.3 Å². The molecule has 33 heavy (non-hydrogen) atoms. The molecule has 1 aliphatic heterocycles. The van der Waals surface area contributed by atoms with Crippen molar-refractivity contribution in [2.24, 2.45) is 0 Å². The number of aromatic nitrogens is 2. The second kappa shape index (κ2) is 7.84. The van der Waals surface area contributed by atoms with Crippen molar-refractivity contribution in [1.82, 2.24) is 10.1 Å². The highest BCUT2D eigenvalue weighted by Crippen LogP contribution is 2.40. The van der Waals surface area contributed by atoms with Crippen molar-refractivity contribution in [1.29, 1.82) is 0 Å². The number of carbonyl (C=O) groups excluding carboxylic acids is 1. The number of fused-ring (bicyclic) bond motifs is 1. The highest BCUT2D eigenvalue weighted by atomic mass is 32.2. The summed E-state index contributed by atoms with van der Waals surface area (Å²) in [6.45, 7) is 3.03. The lowest BCUT2D eigenvalue weighted by Crippen LogP contribution is -2.38. The number of hydrogen-bond acceptors (Lipinski definition) is 7. The Balaban J connectivity index is 1.44. The average molecular weight is 472 g/mol. The first kappa shape index (κ1) is 21.4. The number of rotatable bonds is 6. The largest absolute Gasteiger partial charge is 0.482 e. The smallest absolute Gasteiger partial charge is 0.265 e. The van der Waals surface area contributed by atoms with Gasteiger partial charge in [0.25, 0.3) is 15.9 Å². The maximum atomic E-state index is 13.9. The van der Waals surface area contributed by atoms with Gasteiger partial charge in [0.1, 0.15) is 11.6 Å². The Morgan fingerprint density at radius 3 is 2.70 bits per heavy atom. The summed E-state index contributed by atoms with van der Waals surface area (Å²) in [5.74, 6) is 0.660. The third-order valence-corrected chi connectivity index (χ3v) is 7.15. The zero-order valence-corrected chi connectivity index (χ0v) is 18.8. The SMILES string of the molecule is Cc1ccc(NS(=O)(=O)c2cc3c(cc2C)N(Cc2noc(C4CC4)n2)C(=O)CO3)cc1F. The number of aryl methyl sites for hydroxylation is 2.